The van der Waals surface area contributed by atoms with Gasteiger partial charge >= 0.3 is 0 Å². The van der Waals surface area contributed by atoms with E-state index in [1.165, 1.54) is 12.3 Å². The SMILES string of the molecule is O=C(N[C@H]1CCOc2ccccc21)c1cnc2c(-c3cc(F)cc(F)c3F)c(F)ccc2c1[C@H]1CCOC1. The topological polar surface area (TPSA) is 60.5 Å². The number of hydrogen-bond donors (Lipinski definition) is 1. The number of fused-ring (bicyclic) bond motifs is 2. The van der Waals surface area contributed by atoms with Crippen molar-refractivity contribution in [1.82, 2.24) is 10.3 Å². The van der Waals surface area contributed by atoms with E-state index in [2.05, 4.69) is 10.3 Å². The van der Waals surface area contributed by atoms with Crippen molar-refractivity contribution in [2.45, 2.75) is 24.8 Å². The number of rotatable bonds is 4. The van der Waals surface area contributed by atoms with Gasteiger partial charge in [-0.25, -0.2) is 17.6 Å². The predicted molar refractivity (Wildman–Crippen MR) is 132 cm³/mol. The number of para-hydroxylation sites is 1. The summed E-state index contributed by atoms with van der Waals surface area (Å²) < 4.78 is 69.2. The van der Waals surface area contributed by atoms with Crippen LogP contribution in [0.15, 0.2) is 54.7 Å². The molecule has 2 aliphatic heterocycles. The van der Waals surface area contributed by atoms with E-state index >= 15 is 4.39 Å². The van der Waals surface area contributed by atoms with Crippen LogP contribution in [-0.4, -0.2) is 30.7 Å². The van der Waals surface area contributed by atoms with Gasteiger partial charge in [0.1, 0.15) is 17.4 Å². The van der Waals surface area contributed by atoms with E-state index in [9.17, 15) is 18.0 Å². The molecule has 3 heterocycles. The second-order valence-corrected chi connectivity index (χ2v) is 9.41. The second kappa shape index (κ2) is 9.72. The molecule has 0 spiro atoms. The summed E-state index contributed by atoms with van der Waals surface area (Å²) >= 11 is 0. The Morgan fingerprint density at radius 2 is 1.82 bits per heavy atom. The lowest BCUT2D eigenvalue weighted by molar-refractivity contribution is 0.0923. The summed E-state index contributed by atoms with van der Waals surface area (Å²) in [6.07, 6.45) is 2.49. The number of hydrogen-bond acceptors (Lipinski definition) is 4. The Morgan fingerprint density at radius 3 is 2.63 bits per heavy atom. The molecule has 2 atom stereocenters. The van der Waals surface area contributed by atoms with Crippen LogP contribution in [0.1, 0.15) is 46.3 Å². The molecule has 4 aromatic rings. The molecule has 1 N–H and O–H groups in total. The van der Waals surface area contributed by atoms with Gasteiger partial charge in [0, 0.05) is 53.3 Å². The van der Waals surface area contributed by atoms with Crippen molar-refractivity contribution in [2.75, 3.05) is 19.8 Å². The van der Waals surface area contributed by atoms with Gasteiger partial charge < -0.3 is 14.8 Å². The Bertz CT molecular complexity index is 1570. The van der Waals surface area contributed by atoms with Crippen LogP contribution in [0.3, 0.4) is 0 Å². The smallest absolute Gasteiger partial charge is 0.253 e. The van der Waals surface area contributed by atoms with Gasteiger partial charge in [-0.3, -0.25) is 9.78 Å². The van der Waals surface area contributed by atoms with Crippen LogP contribution in [0.2, 0.25) is 0 Å². The third-order valence-electron chi connectivity index (χ3n) is 7.14. The van der Waals surface area contributed by atoms with Gasteiger partial charge in [0.05, 0.1) is 30.3 Å². The van der Waals surface area contributed by atoms with Crippen LogP contribution in [0.4, 0.5) is 17.6 Å². The molecule has 2 aliphatic rings. The molecule has 0 unspecified atom stereocenters. The highest BCUT2D eigenvalue weighted by molar-refractivity contribution is 6.04. The Labute approximate surface area is 215 Å². The van der Waals surface area contributed by atoms with E-state index in [0.29, 0.717) is 55.4 Å². The predicted octanol–water partition coefficient (Wildman–Crippen LogP) is 6.22. The fraction of sp³-hybridized carbons (Fsp3) is 0.241. The number of carbonyl (C=O) groups excluding carboxylic acids is 1. The maximum Gasteiger partial charge on any atom is 0.253 e. The first-order valence-corrected chi connectivity index (χ1v) is 12.3. The number of halogens is 4. The van der Waals surface area contributed by atoms with Crippen LogP contribution >= 0.6 is 0 Å². The normalized spacial score (nSPS) is 18.7. The molecular weight excluding hydrogens is 500 g/mol. The zero-order chi connectivity index (χ0) is 26.4. The van der Waals surface area contributed by atoms with E-state index in [1.807, 2.05) is 24.3 Å². The highest BCUT2D eigenvalue weighted by Crippen LogP contribution is 2.40. The van der Waals surface area contributed by atoms with Crippen molar-refractivity contribution in [1.29, 1.82) is 0 Å². The molecular formula is C29H22F4N2O3. The first-order valence-electron chi connectivity index (χ1n) is 12.3. The first kappa shape index (κ1) is 24.4. The van der Waals surface area contributed by atoms with Crippen molar-refractivity contribution < 1.29 is 31.8 Å². The molecule has 3 aromatic carbocycles. The Kier molecular flexibility index (Phi) is 6.23. The molecule has 9 heteroatoms. The molecule has 1 saturated heterocycles. The molecule has 0 saturated carbocycles. The standard InChI is InChI=1S/C29H22F4N2O3/c30-16-11-19(27(33)22(32)12-16)26-21(31)6-5-18-25(15-7-9-37-14-15)20(13-34-28(18)26)29(36)35-23-8-10-38-24-4-2-1-3-17(23)24/h1-6,11-13,15,23H,7-10,14H2,(H,35,36)/t15-,23-/m0/s1. The summed E-state index contributed by atoms with van der Waals surface area (Å²) in [4.78, 5) is 18.0. The van der Waals surface area contributed by atoms with Gasteiger partial charge in [-0.2, -0.15) is 0 Å². The number of amides is 1. The highest BCUT2D eigenvalue weighted by atomic mass is 19.2. The molecule has 1 fully saturated rings. The minimum absolute atomic E-state index is 0.00348. The number of nitrogens with one attached hydrogen (secondary N) is 1. The molecule has 0 bridgehead atoms. The Balaban J connectivity index is 1.49. The molecule has 194 valence electrons. The molecule has 1 aromatic heterocycles. The van der Waals surface area contributed by atoms with Crippen molar-refractivity contribution in [3.05, 3.63) is 94.7 Å². The van der Waals surface area contributed by atoms with Crippen LogP contribution in [-0.2, 0) is 4.74 Å². The first-order chi connectivity index (χ1) is 18.4. The fourth-order valence-corrected chi connectivity index (χ4v) is 5.37. The summed E-state index contributed by atoms with van der Waals surface area (Å²) in [5, 5.41) is 3.46. The van der Waals surface area contributed by atoms with Crippen LogP contribution in [0.25, 0.3) is 22.0 Å². The quantitative estimate of drug-likeness (QED) is 0.256. The summed E-state index contributed by atoms with van der Waals surface area (Å²) in [7, 11) is 0. The van der Waals surface area contributed by atoms with E-state index < -0.39 is 28.8 Å². The largest absolute Gasteiger partial charge is 0.493 e. The third kappa shape index (κ3) is 4.16. The number of ether oxygens (including phenoxy) is 2. The summed E-state index contributed by atoms with van der Waals surface area (Å²) in [5.41, 5.74) is 0.763. The van der Waals surface area contributed by atoms with Gasteiger partial charge in [-0.15, -0.1) is 0 Å². The number of nitrogens with zero attached hydrogens (tertiary/aromatic N) is 1. The number of carbonyl (C=O) groups is 1. The van der Waals surface area contributed by atoms with Gasteiger partial charge in [0.25, 0.3) is 5.91 Å². The molecule has 1 amide bonds. The summed E-state index contributed by atoms with van der Waals surface area (Å²) in [6.45, 7) is 1.25. The molecule has 6 rings (SSSR count). The van der Waals surface area contributed by atoms with Gasteiger partial charge in [-0.05, 0) is 36.2 Å². The zero-order valence-corrected chi connectivity index (χ0v) is 20.1. The summed E-state index contributed by atoms with van der Waals surface area (Å²) in [5.74, 6) is -4.65. The van der Waals surface area contributed by atoms with E-state index in [4.69, 9.17) is 9.47 Å². The van der Waals surface area contributed by atoms with Crippen LogP contribution in [0.5, 0.6) is 5.75 Å². The lowest BCUT2D eigenvalue weighted by Crippen LogP contribution is -2.33. The molecule has 0 aliphatic carbocycles. The minimum atomic E-state index is -1.44. The molecule has 38 heavy (non-hydrogen) atoms. The average Bonchev–Trinajstić information content (AvgIpc) is 3.45. The Hall–Kier alpha value is -3.98. The van der Waals surface area contributed by atoms with E-state index in [1.54, 1.807) is 0 Å². The van der Waals surface area contributed by atoms with Crippen LogP contribution < -0.4 is 10.1 Å². The zero-order valence-electron chi connectivity index (χ0n) is 20.1. The highest BCUT2D eigenvalue weighted by Gasteiger charge is 2.30. The van der Waals surface area contributed by atoms with E-state index in [-0.39, 0.29) is 34.5 Å². The van der Waals surface area contributed by atoms with Gasteiger partial charge in [0.2, 0.25) is 0 Å². The maximum atomic E-state index is 15.1. The van der Waals surface area contributed by atoms with Gasteiger partial charge in [-0.1, -0.05) is 18.2 Å². The average molecular weight is 522 g/mol. The number of benzene rings is 3. The fourth-order valence-electron chi connectivity index (χ4n) is 5.37. The second-order valence-electron chi connectivity index (χ2n) is 9.41. The van der Waals surface area contributed by atoms with E-state index in [0.717, 1.165) is 17.7 Å². The third-order valence-corrected chi connectivity index (χ3v) is 7.14. The number of pyridine rings is 1. The van der Waals surface area contributed by atoms with Gasteiger partial charge in [0.15, 0.2) is 11.6 Å². The maximum absolute atomic E-state index is 15.1. The number of aromatic nitrogens is 1. The van der Waals surface area contributed by atoms with Crippen molar-refractivity contribution in [3.63, 3.8) is 0 Å². The van der Waals surface area contributed by atoms with Crippen LogP contribution in [0, 0.1) is 23.3 Å². The monoisotopic (exact) mass is 522 g/mol. The molecule has 0 radical (unpaired) electrons. The van der Waals surface area contributed by atoms with Crippen molar-refractivity contribution >= 4 is 16.8 Å². The molecule has 5 nitrogen and oxygen atoms in total. The minimum Gasteiger partial charge on any atom is -0.493 e. The summed E-state index contributed by atoms with van der Waals surface area (Å²) in [6, 6.07) is 10.9. The lowest BCUT2D eigenvalue weighted by atomic mass is 9.88. The van der Waals surface area contributed by atoms with Crippen molar-refractivity contribution in [2.24, 2.45) is 0 Å². The Morgan fingerprint density at radius 1 is 0.974 bits per heavy atom. The lowest BCUT2D eigenvalue weighted by Gasteiger charge is -2.27. The van der Waals surface area contributed by atoms with Crippen molar-refractivity contribution in [3.8, 4) is 16.9 Å².